The molecule has 0 amide bonds. The molecule has 2 aromatic rings. The SMILES string of the molecule is CCN(c1ccccc1)S(=O)(=O)c1ccc(NC[C@@H]2CCCO2)nc1. The van der Waals surface area contributed by atoms with Crippen LogP contribution in [-0.4, -0.2) is 39.2 Å². The van der Waals surface area contributed by atoms with E-state index < -0.39 is 10.0 Å². The maximum absolute atomic E-state index is 12.9. The van der Waals surface area contributed by atoms with Crippen LogP contribution in [0.15, 0.2) is 53.6 Å². The molecule has 0 aliphatic carbocycles. The van der Waals surface area contributed by atoms with Crippen LogP contribution in [0.4, 0.5) is 11.5 Å². The van der Waals surface area contributed by atoms with Crippen molar-refractivity contribution in [1.82, 2.24) is 4.98 Å². The average Bonchev–Trinajstić information content (AvgIpc) is 3.15. The Balaban J connectivity index is 1.73. The van der Waals surface area contributed by atoms with E-state index in [9.17, 15) is 8.42 Å². The van der Waals surface area contributed by atoms with Gasteiger partial charge in [0.2, 0.25) is 0 Å². The van der Waals surface area contributed by atoms with Gasteiger partial charge in [0.1, 0.15) is 10.7 Å². The zero-order chi connectivity index (χ0) is 17.7. The highest BCUT2D eigenvalue weighted by atomic mass is 32.2. The van der Waals surface area contributed by atoms with E-state index >= 15 is 0 Å². The van der Waals surface area contributed by atoms with Crippen molar-refractivity contribution in [2.24, 2.45) is 0 Å². The predicted octanol–water partition coefficient (Wildman–Crippen LogP) is 2.89. The number of sulfonamides is 1. The van der Waals surface area contributed by atoms with Gasteiger partial charge in [0.15, 0.2) is 0 Å². The number of nitrogens with zero attached hydrogens (tertiary/aromatic N) is 2. The molecule has 0 unspecified atom stereocenters. The van der Waals surface area contributed by atoms with Crippen LogP contribution in [0.5, 0.6) is 0 Å². The van der Waals surface area contributed by atoms with Crippen molar-refractivity contribution in [3.8, 4) is 0 Å². The van der Waals surface area contributed by atoms with E-state index in [1.807, 2.05) is 25.1 Å². The Morgan fingerprint density at radius 3 is 2.64 bits per heavy atom. The van der Waals surface area contributed by atoms with Gasteiger partial charge in [-0.15, -0.1) is 0 Å². The minimum Gasteiger partial charge on any atom is -0.376 e. The molecule has 1 saturated heterocycles. The Hall–Kier alpha value is -2.12. The van der Waals surface area contributed by atoms with Gasteiger partial charge in [-0.05, 0) is 44.0 Å². The molecule has 6 nitrogen and oxygen atoms in total. The molecule has 7 heteroatoms. The Bertz CT molecular complexity index is 773. The molecule has 1 aliphatic heterocycles. The fourth-order valence-corrected chi connectivity index (χ4v) is 4.29. The van der Waals surface area contributed by atoms with Crippen molar-refractivity contribution in [2.45, 2.75) is 30.8 Å². The third kappa shape index (κ3) is 4.11. The van der Waals surface area contributed by atoms with E-state index in [-0.39, 0.29) is 11.0 Å². The van der Waals surface area contributed by atoms with Gasteiger partial charge in [0.05, 0.1) is 11.8 Å². The first-order valence-electron chi connectivity index (χ1n) is 8.50. The van der Waals surface area contributed by atoms with Crippen molar-refractivity contribution in [3.63, 3.8) is 0 Å². The molecule has 0 radical (unpaired) electrons. The number of anilines is 2. The maximum Gasteiger partial charge on any atom is 0.265 e. The Morgan fingerprint density at radius 1 is 1.24 bits per heavy atom. The standard InChI is InChI=1S/C18H23N3O3S/c1-2-21(15-7-4-3-5-8-15)25(22,23)17-10-11-18(20-14-17)19-13-16-9-6-12-24-16/h3-5,7-8,10-11,14,16H,2,6,9,12-13H2,1H3,(H,19,20)/t16-/m0/s1. The maximum atomic E-state index is 12.9. The number of para-hydroxylation sites is 1. The topological polar surface area (TPSA) is 71.5 Å². The van der Waals surface area contributed by atoms with Crippen LogP contribution >= 0.6 is 0 Å². The second-order valence-electron chi connectivity index (χ2n) is 5.90. The average molecular weight is 361 g/mol. The first kappa shape index (κ1) is 17.7. The molecule has 3 rings (SSSR count). The number of hydrogen-bond donors (Lipinski definition) is 1. The first-order chi connectivity index (χ1) is 12.1. The zero-order valence-electron chi connectivity index (χ0n) is 14.3. The monoisotopic (exact) mass is 361 g/mol. The molecular weight excluding hydrogens is 338 g/mol. The minimum atomic E-state index is -3.63. The lowest BCUT2D eigenvalue weighted by molar-refractivity contribution is 0.120. The lowest BCUT2D eigenvalue weighted by Gasteiger charge is -2.22. The minimum absolute atomic E-state index is 0.181. The van der Waals surface area contributed by atoms with E-state index in [1.165, 1.54) is 10.5 Å². The van der Waals surface area contributed by atoms with Crippen LogP contribution in [-0.2, 0) is 14.8 Å². The van der Waals surface area contributed by atoms with Gasteiger partial charge in [0, 0.05) is 25.9 Å². The summed E-state index contributed by atoms with van der Waals surface area (Å²) in [5.74, 6) is 0.650. The highest BCUT2D eigenvalue weighted by Crippen LogP contribution is 2.23. The fraction of sp³-hybridized carbons (Fsp3) is 0.389. The summed E-state index contributed by atoms with van der Waals surface area (Å²) in [5, 5.41) is 3.20. The lowest BCUT2D eigenvalue weighted by atomic mass is 10.2. The van der Waals surface area contributed by atoms with Crippen molar-refractivity contribution in [1.29, 1.82) is 0 Å². The van der Waals surface area contributed by atoms with Gasteiger partial charge in [-0.2, -0.15) is 0 Å². The molecule has 0 saturated carbocycles. The summed E-state index contributed by atoms with van der Waals surface area (Å²) in [6, 6.07) is 12.4. The number of nitrogens with one attached hydrogen (secondary N) is 1. The van der Waals surface area contributed by atoms with Crippen molar-refractivity contribution >= 4 is 21.5 Å². The van der Waals surface area contributed by atoms with Crippen LogP contribution < -0.4 is 9.62 Å². The van der Waals surface area contributed by atoms with Crippen LogP contribution in [0.1, 0.15) is 19.8 Å². The molecule has 0 bridgehead atoms. The highest BCUT2D eigenvalue weighted by Gasteiger charge is 2.24. The summed E-state index contributed by atoms with van der Waals surface area (Å²) in [5.41, 5.74) is 0.644. The second kappa shape index (κ2) is 7.84. The molecule has 1 aromatic heterocycles. The predicted molar refractivity (Wildman–Crippen MR) is 98.3 cm³/mol. The van der Waals surface area contributed by atoms with E-state index in [0.29, 0.717) is 24.6 Å². The molecule has 0 spiro atoms. The van der Waals surface area contributed by atoms with Gasteiger partial charge in [-0.1, -0.05) is 18.2 Å². The Kier molecular flexibility index (Phi) is 5.55. The molecular formula is C18H23N3O3S. The third-order valence-electron chi connectivity index (χ3n) is 4.19. The number of pyridine rings is 1. The lowest BCUT2D eigenvalue weighted by Crippen LogP contribution is -2.30. The highest BCUT2D eigenvalue weighted by molar-refractivity contribution is 7.92. The molecule has 2 heterocycles. The summed E-state index contributed by atoms with van der Waals surface area (Å²) in [6.45, 7) is 3.66. The third-order valence-corrected chi connectivity index (χ3v) is 6.08. The summed E-state index contributed by atoms with van der Waals surface area (Å²) >= 11 is 0. The number of aromatic nitrogens is 1. The van der Waals surface area contributed by atoms with Crippen LogP contribution in [0, 0.1) is 0 Å². The van der Waals surface area contributed by atoms with Crippen molar-refractivity contribution < 1.29 is 13.2 Å². The van der Waals surface area contributed by atoms with Crippen molar-refractivity contribution in [2.75, 3.05) is 29.3 Å². The van der Waals surface area contributed by atoms with Gasteiger partial charge in [-0.3, -0.25) is 4.31 Å². The Labute approximate surface area is 148 Å². The number of rotatable bonds is 7. The summed E-state index contributed by atoms with van der Waals surface area (Å²) in [6.07, 6.45) is 3.74. The van der Waals surface area contributed by atoms with Crippen LogP contribution in [0.25, 0.3) is 0 Å². The van der Waals surface area contributed by atoms with Crippen molar-refractivity contribution in [3.05, 3.63) is 48.7 Å². The zero-order valence-corrected chi connectivity index (χ0v) is 15.1. The first-order valence-corrected chi connectivity index (χ1v) is 9.94. The van der Waals surface area contributed by atoms with Gasteiger partial charge in [0.25, 0.3) is 10.0 Å². The summed E-state index contributed by atoms with van der Waals surface area (Å²) in [4.78, 5) is 4.43. The van der Waals surface area contributed by atoms with Gasteiger partial charge >= 0.3 is 0 Å². The normalized spacial score (nSPS) is 17.4. The molecule has 25 heavy (non-hydrogen) atoms. The molecule has 1 N–H and O–H groups in total. The smallest absolute Gasteiger partial charge is 0.265 e. The van der Waals surface area contributed by atoms with E-state index in [1.54, 1.807) is 24.3 Å². The quantitative estimate of drug-likeness (QED) is 0.821. The molecule has 1 aromatic carbocycles. The van der Waals surface area contributed by atoms with E-state index in [0.717, 1.165) is 19.4 Å². The second-order valence-corrected chi connectivity index (χ2v) is 7.76. The molecule has 134 valence electrons. The van der Waals surface area contributed by atoms with Gasteiger partial charge < -0.3 is 10.1 Å². The molecule has 1 aliphatic rings. The van der Waals surface area contributed by atoms with Crippen LogP contribution in [0.2, 0.25) is 0 Å². The van der Waals surface area contributed by atoms with E-state index in [2.05, 4.69) is 10.3 Å². The van der Waals surface area contributed by atoms with Gasteiger partial charge in [-0.25, -0.2) is 13.4 Å². The molecule has 1 fully saturated rings. The molecule has 1 atom stereocenters. The number of benzene rings is 1. The summed E-state index contributed by atoms with van der Waals surface area (Å²) in [7, 11) is -3.63. The van der Waals surface area contributed by atoms with Crippen LogP contribution in [0.3, 0.4) is 0 Å². The summed E-state index contributed by atoms with van der Waals surface area (Å²) < 4.78 is 32.7. The number of hydrogen-bond acceptors (Lipinski definition) is 5. The van der Waals surface area contributed by atoms with E-state index in [4.69, 9.17) is 4.74 Å². The largest absolute Gasteiger partial charge is 0.376 e. The Morgan fingerprint density at radius 2 is 2.04 bits per heavy atom. The fourth-order valence-electron chi connectivity index (χ4n) is 2.87. The number of ether oxygens (including phenoxy) is 1.